The minimum atomic E-state index is -4.41. The number of benzene rings is 1. The Bertz CT molecular complexity index is 526. The van der Waals surface area contributed by atoms with Crippen LogP contribution in [-0.2, 0) is 6.18 Å². The van der Waals surface area contributed by atoms with Crippen LogP contribution in [0.1, 0.15) is 31.4 Å². The highest BCUT2D eigenvalue weighted by molar-refractivity contribution is 5.59. The number of nitriles is 1. The summed E-state index contributed by atoms with van der Waals surface area (Å²) in [5.74, 6) is 0.515. The van der Waals surface area contributed by atoms with E-state index in [0.717, 1.165) is 18.6 Å². The third kappa shape index (κ3) is 3.01. The highest BCUT2D eigenvalue weighted by Crippen LogP contribution is 2.51. The summed E-state index contributed by atoms with van der Waals surface area (Å²) in [6.45, 7) is 4.99. The molecule has 1 unspecified atom stereocenters. The van der Waals surface area contributed by atoms with E-state index in [1.54, 1.807) is 0 Å². The van der Waals surface area contributed by atoms with Crippen LogP contribution < -0.4 is 5.32 Å². The molecule has 1 atom stereocenters. The largest absolute Gasteiger partial charge is 0.416 e. The first-order valence-electron chi connectivity index (χ1n) is 6.09. The number of hydrogen-bond acceptors (Lipinski definition) is 2. The van der Waals surface area contributed by atoms with Crippen LogP contribution in [0.5, 0.6) is 0 Å². The molecular weight excluding hydrogens is 253 g/mol. The van der Waals surface area contributed by atoms with Crippen LogP contribution in [0, 0.1) is 22.7 Å². The molecule has 0 heterocycles. The Labute approximate surface area is 110 Å². The van der Waals surface area contributed by atoms with E-state index >= 15 is 0 Å². The molecule has 0 amide bonds. The second-order valence-electron chi connectivity index (χ2n) is 5.64. The third-order valence-electron chi connectivity index (χ3n) is 3.72. The zero-order chi connectivity index (χ0) is 14.3. The van der Waals surface area contributed by atoms with Crippen molar-refractivity contribution in [2.45, 2.75) is 26.4 Å². The molecule has 1 N–H and O–H groups in total. The molecule has 1 aromatic carbocycles. The Morgan fingerprint density at radius 2 is 2.05 bits per heavy atom. The minimum Gasteiger partial charge on any atom is -0.384 e. The Kier molecular flexibility index (Phi) is 3.21. The van der Waals surface area contributed by atoms with Gasteiger partial charge in [-0.3, -0.25) is 0 Å². The average molecular weight is 268 g/mol. The third-order valence-corrected chi connectivity index (χ3v) is 3.72. The van der Waals surface area contributed by atoms with Crippen molar-refractivity contribution < 1.29 is 13.2 Å². The lowest BCUT2D eigenvalue weighted by molar-refractivity contribution is -0.137. The molecule has 19 heavy (non-hydrogen) atoms. The molecule has 0 aliphatic heterocycles. The van der Waals surface area contributed by atoms with Gasteiger partial charge in [0.1, 0.15) is 6.07 Å². The van der Waals surface area contributed by atoms with Gasteiger partial charge in [0.05, 0.1) is 16.8 Å². The molecular formula is C14H15F3N2. The van der Waals surface area contributed by atoms with Crippen molar-refractivity contribution in [1.29, 1.82) is 5.26 Å². The van der Waals surface area contributed by atoms with Crippen molar-refractivity contribution >= 4 is 5.69 Å². The lowest BCUT2D eigenvalue weighted by Crippen LogP contribution is -2.10. The number of alkyl halides is 3. The van der Waals surface area contributed by atoms with E-state index in [1.165, 1.54) is 6.07 Å². The maximum Gasteiger partial charge on any atom is 0.416 e. The highest BCUT2D eigenvalue weighted by Gasteiger charge is 2.45. The van der Waals surface area contributed by atoms with Gasteiger partial charge in [-0.05, 0) is 36.0 Å². The molecule has 0 aromatic heterocycles. The van der Waals surface area contributed by atoms with Crippen molar-refractivity contribution in [2.24, 2.45) is 11.3 Å². The van der Waals surface area contributed by atoms with Crippen LogP contribution in [0.2, 0.25) is 0 Å². The zero-order valence-corrected chi connectivity index (χ0v) is 10.8. The summed E-state index contributed by atoms with van der Waals surface area (Å²) in [4.78, 5) is 0. The van der Waals surface area contributed by atoms with Crippen molar-refractivity contribution in [2.75, 3.05) is 11.9 Å². The van der Waals surface area contributed by atoms with Gasteiger partial charge in [-0.2, -0.15) is 18.4 Å². The molecule has 102 valence electrons. The number of rotatable bonds is 3. The normalized spacial score (nSPS) is 20.7. The SMILES string of the molecule is CC1(C)CC1CNc1ccc(C(F)(F)F)cc1C#N. The van der Waals surface area contributed by atoms with E-state index in [9.17, 15) is 13.2 Å². The molecule has 1 aliphatic carbocycles. The van der Waals surface area contributed by atoms with Gasteiger partial charge in [0.25, 0.3) is 0 Å². The van der Waals surface area contributed by atoms with Gasteiger partial charge < -0.3 is 5.32 Å². The van der Waals surface area contributed by atoms with Crippen molar-refractivity contribution in [3.8, 4) is 6.07 Å². The summed E-state index contributed by atoms with van der Waals surface area (Å²) in [6.07, 6.45) is -3.31. The molecule has 2 nitrogen and oxygen atoms in total. The predicted molar refractivity (Wildman–Crippen MR) is 66.5 cm³/mol. The van der Waals surface area contributed by atoms with Crippen LogP contribution in [0.25, 0.3) is 0 Å². The maximum absolute atomic E-state index is 12.5. The van der Waals surface area contributed by atoms with Gasteiger partial charge >= 0.3 is 6.18 Å². The molecule has 5 heteroatoms. The van der Waals surface area contributed by atoms with Crippen molar-refractivity contribution in [3.63, 3.8) is 0 Å². The molecule has 0 saturated heterocycles. The first-order chi connectivity index (χ1) is 8.74. The van der Waals surface area contributed by atoms with Crippen molar-refractivity contribution in [3.05, 3.63) is 29.3 Å². The molecule has 1 fully saturated rings. The zero-order valence-electron chi connectivity index (χ0n) is 10.8. The number of anilines is 1. The monoisotopic (exact) mass is 268 g/mol. The first kappa shape index (κ1) is 13.7. The Balaban J connectivity index is 2.11. The highest BCUT2D eigenvalue weighted by atomic mass is 19.4. The summed E-state index contributed by atoms with van der Waals surface area (Å²) < 4.78 is 37.6. The van der Waals surface area contributed by atoms with Crippen LogP contribution in [0.15, 0.2) is 18.2 Å². The topological polar surface area (TPSA) is 35.8 Å². The molecule has 0 radical (unpaired) electrons. The van der Waals surface area contributed by atoms with Gasteiger partial charge in [-0.25, -0.2) is 0 Å². The Morgan fingerprint density at radius 1 is 1.42 bits per heavy atom. The molecule has 2 rings (SSSR count). The van der Waals surface area contributed by atoms with E-state index < -0.39 is 11.7 Å². The van der Waals surface area contributed by atoms with E-state index in [4.69, 9.17) is 5.26 Å². The molecule has 1 saturated carbocycles. The maximum atomic E-state index is 12.5. The van der Waals surface area contributed by atoms with Gasteiger partial charge in [-0.15, -0.1) is 0 Å². The van der Waals surface area contributed by atoms with E-state index in [2.05, 4.69) is 19.2 Å². The fourth-order valence-corrected chi connectivity index (χ4v) is 2.12. The quantitative estimate of drug-likeness (QED) is 0.898. The summed E-state index contributed by atoms with van der Waals surface area (Å²) >= 11 is 0. The van der Waals surface area contributed by atoms with E-state index in [0.29, 0.717) is 23.6 Å². The number of nitrogens with one attached hydrogen (secondary N) is 1. The number of halogens is 3. The molecule has 0 bridgehead atoms. The number of nitrogens with zero attached hydrogens (tertiary/aromatic N) is 1. The fraction of sp³-hybridized carbons (Fsp3) is 0.500. The minimum absolute atomic E-state index is 0.0354. The van der Waals surface area contributed by atoms with Crippen LogP contribution >= 0.6 is 0 Å². The molecule has 1 aromatic rings. The van der Waals surface area contributed by atoms with Crippen LogP contribution in [0.4, 0.5) is 18.9 Å². The van der Waals surface area contributed by atoms with Crippen molar-refractivity contribution in [1.82, 2.24) is 0 Å². The fourth-order valence-electron chi connectivity index (χ4n) is 2.12. The summed E-state index contributed by atoms with van der Waals surface area (Å²) in [6, 6.07) is 5.03. The van der Waals surface area contributed by atoms with Crippen LogP contribution in [-0.4, -0.2) is 6.54 Å². The van der Waals surface area contributed by atoms with Gasteiger partial charge in [0, 0.05) is 6.54 Å². The lowest BCUT2D eigenvalue weighted by Gasteiger charge is -2.12. The van der Waals surface area contributed by atoms with E-state index in [-0.39, 0.29) is 5.56 Å². The van der Waals surface area contributed by atoms with Gasteiger partial charge in [0.15, 0.2) is 0 Å². The Hall–Kier alpha value is -1.70. The van der Waals surface area contributed by atoms with Gasteiger partial charge in [-0.1, -0.05) is 13.8 Å². The smallest absolute Gasteiger partial charge is 0.384 e. The molecule has 0 spiro atoms. The second kappa shape index (κ2) is 4.44. The van der Waals surface area contributed by atoms with Crippen LogP contribution in [0.3, 0.4) is 0 Å². The summed E-state index contributed by atoms with van der Waals surface area (Å²) in [5, 5.41) is 12.0. The standard InChI is InChI=1S/C14H15F3N2/c1-13(2)6-11(13)8-19-12-4-3-10(14(15,16)17)5-9(12)7-18/h3-5,11,19H,6,8H2,1-2H3. The average Bonchev–Trinajstić information content (AvgIpc) is 2.93. The second-order valence-corrected chi connectivity index (χ2v) is 5.64. The first-order valence-corrected chi connectivity index (χ1v) is 6.09. The van der Waals surface area contributed by atoms with Gasteiger partial charge in [0.2, 0.25) is 0 Å². The molecule has 1 aliphatic rings. The number of hydrogen-bond donors (Lipinski definition) is 1. The lowest BCUT2D eigenvalue weighted by atomic mass is 10.1. The Morgan fingerprint density at radius 3 is 2.53 bits per heavy atom. The summed E-state index contributed by atoms with van der Waals surface area (Å²) in [7, 11) is 0. The van der Waals surface area contributed by atoms with E-state index in [1.807, 2.05) is 6.07 Å². The predicted octanol–water partition coefficient (Wildman–Crippen LogP) is 4.04. The summed E-state index contributed by atoms with van der Waals surface area (Å²) in [5.41, 5.74) is 0.0129.